The van der Waals surface area contributed by atoms with Crippen molar-refractivity contribution in [3.63, 3.8) is 0 Å². The summed E-state index contributed by atoms with van der Waals surface area (Å²) in [4.78, 5) is 21.8. The zero-order valence-corrected chi connectivity index (χ0v) is 13.3. The van der Waals surface area contributed by atoms with Gasteiger partial charge in [0.2, 0.25) is 0 Å². The van der Waals surface area contributed by atoms with Crippen molar-refractivity contribution in [1.29, 1.82) is 0 Å². The van der Waals surface area contributed by atoms with Crippen molar-refractivity contribution in [2.45, 2.75) is 53.4 Å². The number of carboxylic acids is 2. The van der Waals surface area contributed by atoms with Crippen molar-refractivity contribution in [1.82, 2.24) is 0 Å². The minimum atomic E-state index is -1.28. The van der Waals surface area contributed by atoms with E-state index in [0.717, 1.165) is 19.3 Å². The maximum absolute atomic E-state index is 10.9. The van der Waals surface area contributed by atoms with Gasteiger partial charge in [-0.2, -0.15) is 0 Å². The second-order valence-electron chi connectivity index (χ2n) is 5.67. The molecule has 0 aromatic heterocycles. The summed E-state index contributed by atoms with van der Waals surface area (Å²) in [6, 6.07) is 0. The Morgan fingerprint density at radius 2 is 1.61 bits per heavy atom. The summed E-state index contributed by atoms with van der Waals surface area (Å²) in [6.07, 6.45) is 3.15. The molecule has 0 saturated carbocycles. The Kier molecular flexibility index (Phi) is 9.73. The van der Waals surface area contributed by atoms with Crippen molar-refractivity contribution in [2.75, 3.05) is 0 Å². The molecule has 0 heterocycles. The molecule has 0 rings (SSSR count). The molecule has 0 saturated heterocycles. The number of unbranched alkanes of at least 4 members (excludes halogenated alkanes) is 1. The Morgan fingerprint density at radius 1 is 1.17 bits per heavy atom. The quantitative estimate of drug-likeness (QED) is 0.551. The van der Waals surface area contributed by atoms with Crippen LogP contribution in [0.2, 0.25) is 0 Å². The third-order valence-electron chi connectivity index (χ3n) is 3.25. The normalized spacial score (nSPS) is 12.9. The molecule has 0 aliphatic carbocycles. The molecule has 0 bridgehead atoms. The second-order valence-corrected chi connectivity index (χ2v) is 5.67. The molecule has 0 amide bonds. The molecule has 5 heteroatoms. The fourth-order valence-corrected chi connectivity index (χ4v) is 1.95. The van der Waals surface area contributed by atoms with Gasteiger partial charge < -0.3 is 13.1 Å². The summed E-state index contributed by atoms with van der Waals surface area (Å²) in [5.41, 5.74) is -0.0572. The van der Waals surface area contributed by atoms with Crippen LogP contribution in [0.1, 0.15) is 56.2 Å². The van der Waals surface area contributed by atoms with E-state index in [1.807, 2.05) is 20.8 Å². The van der Waals surface area contributed by atoms with E-state index in [-0.39, 0.29) is 43.7 Å². The predicted octanol–water partition coefficient (Wildman–Crippen LogP) is 2.86. The summed E-state index contributed by atoms with van der Waals surface area (Å²) in [5, 5.41) is 17.8. The average molecular weight is 271 g/mol. The van der Waals surface area contributed by atoms with Crippen LogP contribution in [0.3, 0.4) is 0 Å². The number of rotatable bonds is 7. The van der Waals surface area contributed by atoms with Gasteiger partial charge in [-0.05, 0) is 24.2 Å². The van der Waals surface area contributed by atoms with Gasteiger partial charge in [-0.25, -0.2) is 0 Å². The van der Waals surface area contributed by atoms with Gasteiger partial charge in [0, 0.05) is 0 Å². The smallest absolute Gasteiger partial charge is 1.00 e. The van der Waals surface area contributed by atoms with Crippen LogP contribution in [0.25, 0.3) is 0 Å². The summed E-state index contributed by atoms with van der Waals surface area (Å²) >= 11 is 0. The number of carbonyl (C=O) groups is 2. The number of aliphatic carboxylic acids is 2. The molecule has 1 atom stereocenters. The zero-order chi connectivity index (χ0) is 13.6. The maximum atomic E-state index is 10.9. The monoisotopic (exact) mass is 270 g/mol. The van der Waals surface area contributed by atoms with Gasteiger partial charge >= 0.3 is 35.0 Å². The van der Waals surface area contributed by atoms with E-state index in [0.29, 0.717) is 0 Å². The molecule has 0 aromatic carbocycles. The van der Waals surface area contributed by atoms with Gasteiger partial charge in [-0.3, -0.25) is 9.59 Å². The molecule has 18 heavy (non-hydrogen) atoms. The van der Waals surface area contributed by atoms with Crippen LogP contribution in [-0.2, 0) is 9.59 Å². The molecule has 4 nitrogen and oxygen atoms in total. The Balaban J connectivity index is -0.000000427. The van der Waals surface area contributed by atoms with Crippen LogP contribution in [-0.4, -0.2) is 45.2 Å². The second kappa shape index (κ2) is 8.75. The third kappa shape index (κ3) is 7.21. The summed E-state index contributed by atoms with van der Waals surface area (Å²) in [6.45, 7) is 8.18. The van der Waals surface area contributed by atoms with Crippen LogP contribution in [0.15, 0.2) is 0 Å². The number of hydrogen-bond donors (Lipinski definition) is 2. The first-order valence-corrected chi connectivity index (χ1v) is 6.15. The van der Waals surface area contributed by atoms with Crippen molar-refractivity contribution in [3.8, 4) is 0 Å². The van der Waals surface area contributed by atoms with E-state index >= 15 is 0 Å². The Hall–Kier alpha value is -0.294. The molecule has 0 radical (unpaired) electrons. The molecule has 0 aliphatic rings. The molecule has 0 aromatic rings. The van der Waals surface area contributed by atoms with E-state index in [4.69, 9.17) is 10.2 Å². The van der Waals surface area contributed by atoms with E-state index in [2.05, 4.69) is 6.92 Å². The van der Waals surface area contributed by atoms with Crippen LogP contribution in [0.4, 0.5) is 0 Å². The first kappa shape index (κ1) is 20.0. The van der Waals surface area contributed by atoms with Gasteiger partial charge in [0.1, 0.15) is 0 Å². The molecule has 0 aliphatic heterocycles. The van der Waals surface area contributed by atoms with Gasteiger partial charge in [-0.1, -0.05) is 40.5 Å². The first-order valence-electron chi connectivity index (χ1n) is 6.15. The fraction of sp³-hybridized carbons (Fsp3) is 0.846. The number of hydrogen-bond acceptors (Lipinski definition) is 2. The summed E-state index contributed by atoms with van der Waals surface area (Å²) in [5.74, 6) is -3.62. The molecule has 1 unspecified atom stereocenters. The van der Waals surface area contributed by atoms with E-state index in [1.165, 1.54) is 0 Å². The van der Waals surface area contributed by atoms with Gasteiger partial charge in [0.05, 0.1) is 0 Å². The fourth-order valence-electron chi connectivity index (χ4n) is 1.95. The summed E-state index contributed by atoms with van der Waals surface area (Å²) < 4.78 is 0. The molecular formula is C13H26MgO4. The molecule has 2 N–H and O–H groups in total. The Labute approximate surface area is 128 Å². The molecule has 104 valence electrons. The molecule has 0 fully saturated rings. The topological polar surface area (TPSA) is 74.6 Å². The first-order chi connectivity index (χ1) is 7.70. The Bertz CT molecular complexity index is 266. The van der Waals surface area contributed by atoms with E-state index in [1.54, 1.807) is 0 Å². The zero-order valence-electron chi connectivity index (χ0n) is 13.9. The average Bonchev–Trinajstić information content (AvgIpc) is 2.14. The molecular weight excluding hydrogens is 244 g/mol. The van der Waals surface area contributed by atoms with Crippen molar-refractivity contribution in [3.05, 3.63) is 0 Å². The van der Waals surface area contributed by atoms with E-state index < -0.39 is 17.9 Å². The van der Waals surface area contributed by atoms with Crippen LogP contribution < -0.4 is 0 Å². The van der Waals surface area contributed by atoms with Crippen LogP contribution in [0.5, 0.6) is 0 Å². The van der Waals surface area contributed by atoms with Crippen LogP contribution >= 0.6 is 0 Å². The number of carboxylic acid groups (broad SMARTS) is 2. The van der Waals surface area contributed by atoms with E-state index in [9.17, 15) is 9.59 Å². The standard InChI is InChI=1S/C13H24O4.Mg.2H/c1-5-6-7-9(13(2,3)4)8-10(11(14)15)12(16)17;;;/h9-10H,5-8H2,1-4H3,(H,14,15)(H,16,17);;;/q;+2;2*-1. The summed E-state index contributed by atoms with van der Waals surface area (Å²) in [7, 11) is 0. The van der Waals surface area contributed by atoms with Gasteiger partial charge in [-0.15, -0.1) is 0 Å². The van der Waals surface area contributed by atoms with Crippen molar-refractivity contribution in [2.24, 2.45) is 17.3 Å². The van der Waals surface area contributed by atoms with Gasteiger partial charge in [0.15, 0.2) is 5.92 Å². The van der Waals surface area contributed by atoms with Crippen LogP contribution in [0, 0.1) is 17.3 Å². The van der Waals surface area contributed by atoms with Crippen molar-refractivity contribution < 1.29 is 22.7 Å². The predicted molar refractivity (Wildman–Crippen MR) is 73.8 cm³/mol. The van der Waals surface area contributed by atoms with Gasteiger partial charge in [0.25, 0.3) is 0 Å². The largest absolute Gasteiger partial charge is 2.00 e. The maximum Gasteiger partial charge on any atom is 2.00 e. The van der Waals surface area contributed by atoms with Crippen molar-refractivity contribution >= 4 is 35.0 Å². The minimum absolute atomic E-state index is 0. The third-order valence-corrected chi connectivity index (χ3v) is 3.25. The molecule has 0 spiro atoms. The Morgan fingerprint density at radius 3 is 1.89 bits per heavy atom. The minimum Gasteiger partial charge on any atom is -1.00 e. The SMILES string of the molecule is CCCCC(CC(C(=O)O)C(=O)O)C(C)(C)C.[H-].[H-].[Mg+2].